The fraction of sp³-hybridized carbons (Fsp3) is 0.250. The maximum Gasteiger partial charge on any atom is 0.262 e. The summed E-state index contributed by atoms with van der Waals surface area (Å²) < 4.78 is 10.7. The number of amides is 1. The Kier molecular flexibility index (Phi) is 3.10. The number of benzene rings is 1. The van der Waals surface area contributed by atoms with Gasteiger partial charge in [-0.25, -0.2) is 0 Å². The molecule has 84 valence electrons. The highest BCUT2D eigenvalue weighted by atomic mass is 16.5. The highest BCUT2D eigenvalue weighted by Crippen LogP contribution is 2.31. The molecule has 16 heavy (non-hydrogen) atoms. The molecule has 2 rings (SSSR count). The highest BCUT2D eigenvalue weighted by Gasteiger charge is 2.15. The summed E-state index contributed by atoms with van der Waals surface area (Å²) in [5, 5.41) is 2.73. The molecule has 1 aliphatic rings. The predicted molar refractivity (Wildman–Crippen MR) is 60.9 cm³/mol. The molecule has 1 aromatic rings. The van der Waals surface area contributed by atoms with Crippen molar-refractivity contribution in [2.24, 2.45) is 0 Å². The van der Waals surface area contributed by atoms with Crippen molar-refractivity contribution in [2.75, 3.05) is 18.5 Å². The average molecular weight is 219 g/mol. The Labute approximate surface area is 93.9 Å². The second-order valence-corrected chi connectivity index (χ2v) is 3.42. The van der Waals surface area contributed by atoms with Crippen molar-refractivity contribution >= 4 is 11.6 Å². The quantitative estimate of drug-likeness (QED) is 0.622. The number of carbonyl (C=O) groups is 1. The van der Waals surface area contributed by atoms with Gasteiger partial charge in [0.05, 0.1) is 12.3 Å². The topological polar surface area (TPSA) is 47.6 Å². The lowest BCUT2D eigenvalue weighted by Crippen LogP contribution is -2.25. The molecule has 1 aliphatic heterocycles. The zero-order chi connectivity index (χ0) is 11.4. The summed E-state index contributed by atoms with van der Waals surface area (Å²) in [6.45, 7) is 4.27. The molecule has 0 unspecified atom stereocenters. The van der Waals surface area contributed by atoms with Crippen molar-refractivity contribution < 1.29 is 14.3 Å². The van der Waals surface area contributed by atoms with Gasteiger partial charge < -0.3 is 14.8 Å². The standard InChI is InChI=1S/C12H13NO3/c1-2-3-6-15-9-4-5-11-10(7-9)13-12(14)8-16-11/h2,4-5,7H,1,3,6,8H2,(H,13,14). The minimum atomic E-state index is -0.143. The van der Waals surface area contributed by atoms with Gasteiger partial charge in [-0.15, -0.1) is 6.58 Å². The van der Waals surface area contributed by atoms with E-state index in [2.05, 4.69) is 11.9 Å². The fourth-order valence-electron chi connectivity index (χ4n) is 1.41. The van der Waals surface area contributed by atoms with Crippen molar-refractivity contribution in [1.29, 1.82) is 0 Å². The number of hydrogen-bond acceptors (Lipinski definition) is 3. The first-order chi connectivity index (χ1) is 7.79. The molecule has 1 heterocycles. The zero-order valence-corrected chi connectivity index (χ0v) is 8.86. The third-order valence-electron chi connectivity index (χ3n) is 2.17. The number of nitrogens with one attached hydrogen (secondary N) is 1. The predicted octanol–water partition coefficient (Wildman–Crippen LogP) is 1.97. The van der Waals surface area contributed by atoms with Gasteiger partial charge in [-0.05, 0) is 18.6 Å². The van der Waals surface area contributed by atoms with Gasteiger partial charge in [-0.3, -0.25) is 4.79 Å². The summed E-state index contributed by atoms with van der Waals surface area (Å²) in [6, 6.07) is 5.37. The molecule has 1 N–H and O–H groups in total. The van der Waals surface area contributed by atoms with E-state index in [0.29, 0.717) is 23.8 Å². The first-order valence-electron chi connectivity index (χ1n) is 5.10. The number of rotatable bonds is 4. The largest absolute Gasteiger partial charge is 0.493 e. The average Bonchev–Trinajstić information content (AvgIpc) is 2.29. The molecule has 0 saturated carbocycles. The second kappa shape index (κ2) is 4.70. The van der Waals surface area contributed by atoms with Gasteiger partial charge in [0.1, 0.15) is 11.5 Å². The number of fused-ring (bicyclic) bond motifs is 1. The van der Waals surface area contributed by atoms with Crippen LogP contribution in [0.15, 0.2) is 30.9 Å². The summed E-state index contributed by atoms with van der Waals surface area (Å²) in [7, 11) is 0. The van der Waals surface area contributed by atoms with Gasteiger partial charge in [-0.1, -0.05) is 6.08 Å². The lowest BCUT2D eigenvalue weighted by molar-refractivity contribution is -0.118. The maximum absolute atomic E-state index is 11.1. The smallest absolute Gasteiger partial charge is 0.262 e. The molecular formula is C12H13NO3. The Morgan fingerprint density at radius 1 is 1.56 bits per heavy atom. The molecule has 0 atom stereocenters. The summed E-state index contributed by atoms with van der Waals surface area (Å²) in [4.78, 5) is 11.1. The van der Waals surface area contributed by atoms with E-state index in [0.717, 1.165) is 6.42 Å². The molecular weight excluding hydrogens is 206 g/mol. The van der Waals surface area contributed by atoms with Crippen molar-refractivity contribution in [2.45, 2.75) is 6.42 Å². The van der Waals surface area contributed by atoms with Gasteiger partial charge in [0, 0.05) is 6.07 Å². The molecule has 4 heteroatoms. The van der Waals surface area contributed by atoms with Crippen LogP contribution in [0.5, 0.6) is 11.5 Å². The van der Waals surface area contributed by atoms with Gasteiger partial charge in [0.25, 0.3) is 5.91 Å². The Balaban J connectivity index is 2.08. The number of hydrogen-bond donors (Lipinski definition) is 1. The first kappa shape index (κ1) is 10.5. The van der Waals surface area contributed by atoms with Gasteiger partial charge in [0.2, 0.25) is 0 Å². The maximum atomic E-state index is 11.1. The second-order valence-electron chi connectivity index (χ2n) is 3.42. The minimum absolute atomic E-state index is 0.0731. The molecule has 0 spiro atoms. The van der Waals surface area contributed by atoms with Gasteiger partial charge in [0.15, 0.2) is 6.61 Å². The summed E-state index contributed by atoms with van der Waals surface area (Å²) in [5.41, 5.74) is 0.660. The number of anilines is 1. The fourth-order valence-corrected chi connectivity index (χ4v) is 1.41. The lowest BCUT2D eigenvalue weighted by Gasteiger charge is -2.18. The lowest BCUT2D eigenvalue weighted by atomic mass is 10.2. The molecule has 1 aromatic carbocycles. The van der Waals surface area contributed by atoms with E-state index in [1.165, 1.54) is 0 Å². The Hall–Kier alpha value is -1.97. The molecule has 0 radical (unpaired) electrons. The van der Waals surface area contributed by atoms with E-state index in [4.69, 9.17) is 9.47 Å². The number of carbonyl (C=O) groups excluding carboxylic acids is 1. The first-order valence-corrected chi connectivity index (χ1v) is 5.10. The molecule has 0 fully saturated rings. The van der Waals surface area contributed by atoms with E-state index in [1.54, 1.807) is 18.2 Å². The molecule has 0 saturated heterocycles. The molecule has 1 amide bonds. The Bertz CT molecular complexity index is 415. The van der Waals surface area contributed by atoms with Crippen LogP contribution in [0.25, 0.3) is 0 Å². The highest BCUT2D eigenvalue weighted by molar-refractivity contribution is 5.95. The van der Waals surface area contributed by atoms with E-state index >= 15 is 0 Å². The van der Waals surface area contributed by atoms with Crippen LogP contribution in [-0.2, 0) is 4.79 Å². The monoisotopic (exact) mass is 219 g/mol. The Morgan fingerprint density at radius 2 is 2.44 bits per heavy atom. The van der Waals surface area contributed by atoms with Crippen LogP contribution in [0.4, 0.5) is 5.69 Å². The van der Waals surface area contributed by atoms with Crippen LogP contribution >= 0.6 is 0 Å². The zero-order valence-electron chi connectivity index (χ0n) is 8.86. The van der Waals surface area contributed by atoms with Crippen LogP contribution in [0.3, 0.4) is 0 Å². The van der Waals surface area contributed by atoms with Gasteiger partial charge >= 0.3 is 0 Å². The van der Waals surface area contributed by atoms with Crippen molar-refractivity contribution in [3.63, 3.8) is 0 Å². The molecule has 0 aromatic heterocycles. The van der Waals surface area contributed by atoms with Gasteiger partial charge in [-0.2, -0.15) is 0 Å². The Morgan fingerprint density at radius 3 is 3.25 bits per heavy atom. The third kappa shape index (κ3) is 2.34. The van der Waals surface area contributed by atoms with E-state index in [-0.39, 0.29) is 12.5 Å². The van der Waals surface area contributed by atoms with E-state index < -0.39 is 0 Å². The summed E-state index contributed by atoms with van der Waals surface area (Å²) in [5.74, 6) is 1.25. The SMILES string of the molecule is C=CCCOc1ccc2c(c1)NC(=O)CO2. The van der Waals surface area contributed by atoms with Crippen LogP contribution < -0.4 is 14.8 Å². The van der Waals surface area contributed by atoms with Crippen molar-refractivity contribution in [3.8, 4) is 11.5 Å². The van der Waals surface area contributed by atoms with Crippen LogP contribution in [0.2, 0.25) is 0 Å². The third-order valence-corrected chi connectivity index (χ3v) is 2.17. The van der Waals surface area contributed by atoms with E-state index in [9.17, 15) is 4.79 Å². The van der Waals surface area contributed by atoms with E-state index in [1.807, 2.05) is 6.07 Å². The van der Waals surface area contributed by atoms with Crippen LogP contribution in [0.1, 0.15) is 6.42 Å². The number of ether oxygens (including phenoxy) is 2. The summed E-state index contributed by atoms with van der Waals surface area (Å²) >= 11 is 0. The minimum Gasteiger partial charge on any atom is -0.493 e. The van der Waals surface area contributed by atoms with Crippen molar-refractivity contribution in [3.05, 3.63) is 30.9 Å². The molecule has 4 nitrogen and oxygen atoms in total. The normalized spacial score (nSPS) is 13.4. The molecule has 0 aliphatic carbocycles. The molecule has 0 bridgehead atoms. The van der Waals surface area contributed by atoms with Crippen molar-refractivity contribution in [1.82, 2.24) is 0 Å². The van der Waals surface area contributed by atoms with Crippen LogP contribution in [-0.4, -0.2) is 19.1 Å². The van der Waals surface area contributed by atoms with Crippen LogP contribution in [0, 0.1) is 0 Å². The summed E-state index contributed by atoms with van der Waals surface area (Å²) in [6.07, 6.45) is 2.59.